The quantitative estimate of drug-likeness (QED) is 0.741. The third kappa shape index (κ3) is 3.03. The van der Waals surface area contributed by atoms with Crippen molar-refractivity contribution >= 4 is 17.2 Å². The third-order valence-electron chi connectivity index (χ3n) is 3.23. The topological polar surface area (TPSA) is 38.1 Å². The van der Waals surface area contributed by atoms with Crippen LogP contribution in [0, 0.1) is 0 Å². The summed E-state index contributed by atoms with van der Waals surface area (Å²) < 4.78 is 1.77. The Morgan fingerprint density at radius 1 is 1.29 bits per heavy atom. The van der Waals surface area contributed by atoms with Gasteiger partial charge in [0.1, 0.15) is 0 Å². The first kappa shape index (κ1) is 13.6. The molecule has 0 aliphatic rings. The van der Waals surface area contributed by atoms with Crippen molar-refractivity contribution in [2.24, 2.45) is 0 Å². The summed E-state index contributed by atoms with van der Waals surface area (Å²) in [6, 6.07) is 11.4. The molecule has 2 aromatic heterocycles. The largest absolute Gasteiger partial charge is 0.337 e. The maximum Gasteiger partial charge on any atom is 0.253 e. The van der Waals surface area contributed by atoms with Crippen LogP contribution >= 0.6 is 11.3 Å². The lowest BCUT2D eigenvalue weighted by molar-refractivity contribution is 0.0785. The number of carbonyl (C=O) groups excluding carboxylic acids is 1. The standard InChI is InChI=1S/C16H15N3OS/c1-18(11-13-7-10-21-12-13)16(20)14-3-5-15(6-4-14)19-9-2-8-17-19/h2-10,12H,11H2,1H3. The predicted octanol–water partition coefficient (Wildman–Crippen LogP) is 3.21. The molecule has 0 saturated heterocycles. The summed E-state index contributed by atoms with van der Waals surface area (Å²) in [7, 11) is 1.82. The van der Waals surface area contributed by atoms with E-state index in [4.69, 9.17) is 0 Å². The molecule has 5 heteroatoms. The molecule has 3 rings (SSSR count). The van der Waals surface area contributed by atoms with E-state index < -0.39 is 0 Å². The predicted molar refractivity (Wildman–Crippen MR) is 83.7 cm³/mol. The zero-order chi connectivity index (χ0) is 14.7. The number of benzene rings is 1. The average Bonchev–Trinajstić information content (AvgIpc) is 3.20. The fraction of sp³-hybridized carbons (Fsp3) is 0.125. The van der Waals surface area contributed by atoms with Gasteiger partial charge >= 0.3 is 0 Å². The minimum atomic E-state index is 0.0215. The SMILES string of the molecule is CN(Cc1ccsc1)C(=O)c1ccc(-n2cccn2)cc1. The van der Waals surface area contributed by atoms with Crippen molar-refractivity contribution in [3.8, 4) is 5.69 Å². The van der Waals surface area contributed by atoms with E-state index in [0.717, 1.165) is 11.3 Å². The highest BCUT2D eigenvalue weighted by Crippen LogP contribution is 2.13. The Labute approximate surface area is 127 Å². The van der Waals surface area contributed by atoms with Crippen molar-refractivity contribution in [1.29, 1.82) is 0 Å². The first-order chi connectivity index (χ1) is 10.2. The van der Waals surface area contributed by atoms with Gasteiger partial charge < -0.3 is 4.90 Å². The normalized spacial score (nSPS) is 10.5. The Morgan fingerprint density at radius 3 is 2.71 bits per heavy atom. The minimum Gasteiger partial charge on any atom is -0.337 e. The first-order valence-corrected chi connectivity index (χ1v) is 7.55. The number of hydrogen-bond acceptors (Lipinski definition) is 3. The lowest BCUT2D eigenvalue weighted by Crippen LogP contribution is -2.25. The van der Waals surface area contributed by atoms with Gasteiger partial charge in [-0.2, -0.15) is 16.4 Å². The van der Waals surface area contributed by atoms with E-state index in [0.29, 0.717) is 12.1 Å². The van der Waals surface area contributed by atoms with Gasteiger partial charge in [0, 0.05) is 31.5 Å². The molecule has 1 aromatic carbocycles. The Hall–Kier alpha value is -2.40. The summed E-state index contributed by atoms with van der Waals surface area (Å²) in [5.41, 5.74) is 2.78. The van der Waals surface area contributed by atoms with Gasteiger partial charge in [-0.1, -0.05) is 0 Å². The monoisotopic (exact) mass is 297 g/mol. The van der Waals surface area contributed by atoms with Crippen molar-refractivity contribution in [2.45, 2.75) is 6.54 Å². The summed E-state index contributed by atoms with van der Waals surface area (Å²) in [5.74, 6) is 0.0215. The maximum absolute atomic E-state index is 12.4. The van der Waals surface area contributed by atoms with Crippen LogP contribution in [0.3, 0.4) is 0 Å². The van der Waals surface area contributed by atoms with Crippen LogP contribution in [0.25, 0.3) is 5.69 Å². The van der Waals surface area contributed by atoms with Gasteiger partial charge in [-0.15, -0.1) is 0 Å². The van der Waals surface area contributed by atoms with Crippen LogP contribution in [0.15, 0.2) is 59.6 Å². The Kier molecular flexibility index (Phi) is 3.83. The van der Waals surface area contributed by atoms with E-state index >= 15 is 0 Å². The summed E-state index contributed by atoms with van der Waals surface area (Å²) in [6.45, 7) is 0.628. The zero-order valence-corrected chi connectivity index (χ0v) is 12.5. The summed E-state index contributed by atoms with van der Waals surface area (Å²) in [5, 5.41) is 8.25. The second-order valence-electron chi connectivity index (χ2n) is 4.79. The summed E-state index contributed by atoms with van der Waals surface area (Å²) >= 11 is 1.64. The zero-order valence-electron chi connectivity index (χ0n) is 11.6. The molecule has 1 amide bonds. The molecule has 0 N–H and O–H groups in total. The van der Waals surface area contributed by atoms with Crippen molar-refractivity contribution in [3.05, 3.63) is 70.7 Å². The lowest BCUT2D eigenvalue weighted by atomic mass is 10.1. The number of aromatic nitrogens is 2. The number of rotatable bonds is 4. The molecule has 21 heavy (non-hydrogen) atoms. The van der Waals surface area contributed by atoms with Crippen LogP contribution in [0.4, 0.5) is 0 Å². The smallest absolute Gasteiger partial charge is 0.253 e. The molecule has 0 aliphatic heterocycles. The van der Waals surface area contributed by atoms with Crippen LogP contribution < -0.4 is 0 Å². The molecule has 0 aliphatic carbocycles. The molecular weight excluding hydrogens is 282 g/mol. The molecule has 0 radical (unpaired) electrons. The molecule has 0 bridgehead atoms. The molecule has 106 valence electrons. The van der Waals surface area contributed by atoms with Gasteiger partial charge in [0.2, 0.25) is 0 Å². The highest BCUT2D eigenvalue weighted by atomic mass is 32.1. The molecule has 4 nitrogen and oxygen atoms in total. The van der Waals surface area contributed by atoms with Crippen molar-refractivity contribution in [1.82, 2.24) is 14.7 Å². The van der Waals surface area contributed by atoms with Gasteiger partial charge in [-0.05, 0) is 52.7 Å². The first-order valence-electron chi connectivity index (χ1n) is 6.60. The van der Waals surface area contributed by atoms with E-state index in [1.165, 1.54) is 0 Å². The summed E-state index contributed by atoms with van der Waals surface area (Å²) in [6.07, 6.45) is 3.60. The van der Waals surface area contributed by atoms with Crippen LogP contribution in [0.1, 0.15) is 15.9 Å². The van der Waals surface area contributed by atoms with E-state index in [1.807, 2.05) is 55.0 Å². The Morgan fingerprint density at radius 2 is 2.10 bits per heavy atom. The number of nitrogens with zero attached hydrogens (tertiary/aromatic N) is 3. The van der Waals surface area contributed by atoms with E-state index in [2.05, 4.69) is 10.5 Å². The van der Waals surface area contributed by atoms with Crippen LogP contribution in [0.2, 0.25) is 0 Å². The van der Waals surface area contributed by atoms with Gasteiger partial charge in [-0.3, -0.25) is 4.79 Å². The van der Waals surface area contributed by atoms with Crippen molar-refractivity contribution in [3.63, 3.8) is 0 Å². The lowest BCUT2D eigenvalue weighted by Gasteiger charge is -2.16. The maximum atomic E-state index is 12.4. The van der Waals surface area contributed by atoms with Crippen molar-refractivity contribution in [2.75, 3.05) is 7.05 Å². The minimum absolute atomic E-state index is 0.0215. The highest BCUT2D eigenvalue weighted by Gasteiger charge is 2.12. The molecule has 0 spiro atoms. The Bertz CT molecular complexity index is 703. The number of thiophene rings is 1. The molecule has 0 fully saturated rings. The molecule has 2 heterocycles. The number of carbonyl (C=O) groups is 1. The van der Waals surface area contributed by atoms with E-state index in [-0.39, 0.29) is 5.91 Å². The van der Waals surface area contributed by atoms with Crippen molar-refractivity contribution < 1.29 is 4.79 Å². The molecule has 0 unspecified atom stereocenters. The average molecular weight is 297 g/mol. The van der Waals surface area contributed by atoms with Gasteiger partial charge in [-0.25, -0.2) is 4.68 Å². The second kappa shape index (κ2) is 5.93. The second-order valence-corrected chi connectivity index (χ2v) is 5.57. The fourth-order valence-corrected chi connectivity index (χ4v) is 2.79. The van der Waals surface area contributed by atoms with Crippen LogP contribution in [0.5, 0.6) is 0 Å². The number of hydrogen-bond donors (Lipinski definition) is 0. The summed E-state index contributed by atoms with van der Waals surface area (Å²) in [4.78, 5) is 14.1. The van der Waals surface area contributed by atoms with E-state index in [9.17, 15) is 4.79 Å². The number of amides is 1. The van der Waals surface area contributed by atoms with E-state index in [1.54, 1.807) is 27.1 Å². The van der Waals surface area contributed by atoms with Gasteiger partial charge in [0.05, 0.1) is 5.69 Å². The molecular formula is C16H15N3OS. The third-order valence-corrected chi connectivity index (χ3v) is 3.96. The van der Waals surface area contributed by atoms with Crippen LogP contribution in [-0.4, -0.2) is 27.6 Å². The van der Waals surface area contributed by atoms with Gasteiger partial charge in [0.15, 0.2) is 0 Å². The molecule has 0 atom stereocenters. The Balaban J connectivity index is 1.72. The van der Waals surface area contributed by atoms with Gasteiger partial charge in [0.25, 0.3) is 5.91 Å². The van der Waals surface area contributed by atoms with Crippen LogP contribution in [-0.2, 0) is 6.54 Å². The fourth-order valence-electron chi connectivity index (χ4n) is 2.13. The molecule has 0 saturated carbocycles. The highest BCUT2D eigenvalue weighted by molar-refractivity contribution is 7.07. The molecule has 3 aromatic rings.